The fraction of sp³-hybridized carbons (Fsp3) is 0.857. The van der Waals surface area contributed by atoms with E-state index in [1.807, 2.05) is 0 Å². The molecular weight excluding hydrogens is 256 g/mol. The average Bonchev–Trinajstić information content (AvgIpc) is 2.93. The number of rotatable bonds is 5. The molecule has 2 fully saturated rings. The lowest BCUT2D eigenvalue weighted by molar-refractivity contribution is -0.126. The van der Waals surface area contributed by atoms with Gasteiger partial charge in [0.05, 0.1) is 6.04 Å². The molecule has 2 amide bonds. The Labute approximate surface area is 120 Å². The van der Waals surface area contributed by atoms with Crippen molar-refractivity contribution in [2.24, 2.45) is 0 Å². The van der Waals surface area contributed by atoms with Gasteiger partial charge in [0, 0.05) is 26.1 Å². The maximum atomic E-state index is 12.3. The van der Waals surface area contributed by atoms with Crippen molar-refractivity contribution in [2.45, 2.75) is 44.7 Å². The molecule has 6 heteroatoms. The number of carbonyl (C=O) groups is 2. The van der Waals surface area contributed by atoms with Crippen molar-refractivity contribution < 1.29 is 9.59 Å². The third-order valence-corrected chi connectivity index (χ3v) is 4.17. The fourth-order valence-electron chi connectivity index (χ4n) is 3.19. The van der Waals surface area contributed by atoms with Crippen molar-refractivity contribution in [2.75, 3.05) is 32.7 Å². The van der Waals surface area contributed by atoms with Crippen LogP contribution in [0.4, 0.5) is 0 Å². The van der Waals surface area contributed by atoms with E-state index in [4.69, 9.17) is 0 Å². The Morgan fingerprint density at radius 1 is 1.15 bits per heavy atom. The molecule has 1 atom stereocenters. The molecule has 6 nitrogen and oxygen atoms in total. The lowest BCUT2D eigenvalue weighted by Gasteiger charge is -2.35. The lowest BCUT2D eigenvalue weighted by Crippen LogP contribution is -2.51. The Balaban J connectivity index is 1.77. The standard InChI is InChI=1S/C14H26N4O2/c1-11(19)16-8-9-17-14(20)13-3-2-10-18(13)12-4-6-15-7-5-12/h12-13,15H,2-10H2,1H3,(H,16,19)(H,17,20). The second kappa shape index (κ2) is 7.59. The molecule has 0 aromatic rings. The summed E-state index contributed by atoms with van der Waals surface area (Å²) in [4.78, 5) is 25.4. The minimum atomic E-state index is -0.0588. The number of likely N-dealkylation sites (tertiary alicyclic amines) is 1. The van der Waals surface area contributed by atoms with Gasteiger partial charge in [-0.25, -0.2) is 0 Å². The van der Waals surface area contributed by atoms with Crippen molar-refractivity contribution in [1.82, 2.24) is 20.9 Å². The summed E-state index contributed by atoms with van der Waals surface area (Å²) in [5.74, 6) is 0.0582. The van der Waals surface area contributed by atoms with Gasteiger partial charge in [-0.05, 0) is 45.3 Å². The maximum absolute atomic E-state index is 12.3. The van der Waals surface area contributed by atoms with E-state index in [-0.39, 0.29) is 17.9 Å². The quantitative estimate of drug-likeness (QED) is 0.592. The van der Waals surface area contributed by atoms with Gasteiger partial charge in [0.2, 0.25) is 11.8 Å². The van der Waals surface area contributed by atoms with Crippen molar-refractivity contribution in [3.8, 4) is 0 Å². The topological polar surface area (TPSA) is 73.5 Å². The van der Waals surface area contributed by atoms with E-state index >= 15 is 0 Å². The molecule has 0 bridgehead atoms. The minimum absolute atomic E-state index is 0.0235. The second-order valence-electron chi connectivity index (χ2n) is 5.65. The van der Waals surface area contributed by atoms with Crippen LogP contribution >= 0.6 is 0 Å². The summed E-state index contributed by atoms with van der Waals surface area (Å²) < 4.78 is 0. The van der Waals surface area contributed by atoms with Crippen molar-refractivity contribution in [3.05, 3.63) is 0 Å². The van der Waals surface area contributed by atoms with Gasteiger partial charge in [-0.2, -0.15) is 0 Å². The zero-order valence-corrected chi connectivity index (χ0v) is 12.3. The monoisotopic (exact) mass is 282 g/mol. The first-order valence-corrected chi connectivity index (χ1v) is 7.67. The zero-order valence-electron chi connectivity index (χ0n) is 12.3. The molecule has 0 saturated carbocycles. The second-order valence-corrected chi connectivity index (χ2v) is 5.65. The largest absolute Gasteiger partial charge is 0.355 e. The van der Waals surface area contributed by atoms with Crippen LogP contribution in [0.1, 0.15) is 32.6 Å². The third-order valence-electron chi connectivity index (χ3n) is 4.17. The molecule has 1 unspecified atom stereocenters. The molecule has 2 saturated heterocycles. The molecule has 0 spiro atoms. The summed E-state index contributed by atoms with van der Waals surface area (Å²) in [7, 11) is 0. The van der Waals surface area contributed by atoms with Gasteiger partial charge in [-0.15, -0.1) is 0 Å². The molecule has 2 aliphatic heterocycles. The fourth-order valence-corrected chi connectivity index (χ4v) is 3.19. The highest BCUT2D eigenvalue weighted by atomic mass is 16.2. The van der Waals surface area contributed by atoms with Crippen LogP contribution in [0.3, 0.4) is 0 Å². The summed E-state index contributed by atoms with van der Waals surface area (Å²) in [5, 5.41) is 9.00. The molecule has 20 heavy (non-hydrogen) atoms. The highest BCUT2D eigenvalue weighted by Crippen LogP contribution is 2.24. The van der Waals surface area contributed by atoms with Gasteiger partial charge in [0.1, 0.15) is 0 Å². The van der Waals surface area contributed by atoms with Crippen LogP contribution in [-0.2, 0) is 9.59 Å². The van der Waals surface area contributed by atoms with Gasteiger partial charge in [-0.1, -0.05) is 0 Å². The zero-order chi connectivity index (χ0) is 14.4. The van der Waals surface area contributed by atoms with Crippen LogP contribution < -0.4 is 16.0 Å². The van der Waals surface area contributed by atoms with Gasteiger partial charge in [0.15, 0.2) is 0 Å². The summed E-state index contributed by atoms with van der Waals surface area (Å²) in [6.07, 6.45) is 4.33. The van der Waals surface area contributed by atoms with Gasteiger partial charge < -0.3 is 16.0 Å². The smallest absolute Gasteiger partial charge is 0.237 e. The third kappa shape index (κ3) is 4.18. The number of carbonyl (C=O) groups excluding carboxylic acids is 2. The van der Waals surface area contributed by atoms with Gasteiger partial charge >= 0.3 is 0 Å². The SMILES string of the molecule is CC(=O)NCCNC(=O)C1CCCN1C1CCNCC1. The van der Waals surface area contributed by atoms with Crippen LogP contribution in [0.2, 0.25) is 0 Å². The molecule has 0 aromatic heterocycles. The van der Waals surface area contributed by atoms with Crippen molar-refractivity contribution in [1.29, 1.82) is 0 Å². The Kier molecular flexibility index (Phi) is 5.79. The predicted molar refractivity (Wildman–Crippen MR) is 77.3 cm³/mol. The number of piperidine rings is 1. The Hall–Kier alpha value is -1.14. The van der Waals surface area contributed by atoms with Crippen LogP contribution in [0.25, 0.3) is 0 Å². The predicted octanol–water partition coefficient (Wildman–Crippen LogP) is -0.545. The summed E-state index contributed by atoms with van der Waals surface area (Å²) in [6.45, 7) is 5.64. The Morgan fingerprint density at radius 3 is 2.55 bits per heavy atom. The van der Waals surface area contributed by atoms with E-state index in [2.05, 4.69) is 20.9 Å². The Bertz CT molecular complexity index is 342. The van der Waals surface area contributed by atoms with Gasteiger partial charge in [0.25, 0.3) is 0 Å². The molecule has 0 aliphatic carbocycles. The van der Waals surface area contributed by atoms with Crippen LogP contribution in [0.15, 0.2) is 0 Å². The van der Waals surface area contributed by atoms with Crippen LogP contribution in [0, 0.1) is 0 Å². The minimum Gasteiger partial charge on any atom is -0.355 e. The average molecular weight is 282 g/mol. The first-order valence-electron chi connectivity index (χ1n) is 7.67. The first kappa shape index (κ1) is 15.3. The van der Waals surface area contributed by atoms with Crippen molar-refractivity contribution >= 4 is 11.8 Å². The number of amides is 2. The molecule has 2 rings (SSSR count). The molecule has 2 aliphatic rings. The summed E-state index contributed by atoms with van der Waals surface area (Å²) in [5.41, 5.74) is 0. The van der Waals surface area contributed by atoms with Gasteiger partial charge in [-0.3, -0.25) is 14.5 Å². The molecule has 3 N–H and O–H groups in total. The number of nitrogens with zero attached hydrogens (tertiary/aromatic N) is 1. The number of hydrogen-bond acceptors (Lipinski definition) is 4. The van der Waals surface area contributed by atoms with Crippen LogP contribution in [0.5, 0.6) is 0 Å². The summed E-state index contributed by atoms with van der Waals surface area (Å²) in [6, 6.07) is 0.570. The normalized spacial score (nSPS) is 24.6. The first-order chi connectivity index (χ1) is 9.68. The molecule has 0 aromatic carbocycles. The molecular formula is C14H26N4O2. The number of hydrogen-bond donors (Lipinski definition) is 3. The Morgan fingerprint density at radius 2 is 1.85 bits per heavy atom. The van der Waals surface area contributed by atoms with E-state index < -0.39 is 0 Å². The molecule has 0 radical (unpaired) electrons. The van der Waals surface area contributed by atoms with E-state index in [1.54, 1.807) is 0 Å². The van der Waals surface area contributed by atoms with Crippen molar-refractivity contribution in [3.63, 3.8) is 0 Å². The number of nitrogens with one attached hydrogen (secondary N) is 3. The maximum Gasteiger partial charge on any atom is 0.237 e. The van der Waals surface area contributed by atoms with E-state index in [0.29, 0.717) is 19.1 Å². The highest BCUT2D eigenvalue weighted by molar-refractivity contribution is 5.82. The summed E-state index contributed by atoms with van der Waals surface area (Å²) >= 11 is 0. The van der Waals surface area contributed by atoms with E-state index in [1.165, 1.54) is 6.92 Å². The molecule has 2 heterocycles. The van der Waals surface area contributed by atoms with E-state index in [0.717, 1.165) is 45.3 Å². The molecule has 114 valence electrons. The van der Waals surface area contributed by atoms with Crippen LogP contribution in [-0.4, -0.2) is 61.5 Å². The lowest BCUT2D eigenvalue weighted by atomic mass is 10.0. The highest BCUT2D eigenvalue weighted by Gasteiger charge is 2.35. The van der Waals surface area contributed by atoms with E-state index in [9.17, 15) is 9.59 Å².